The lowest BCUT2D eigenvalue weighted by atomic mass is 10.0. The van der Waals surface area contributed by atoms with E-state index in [1.54, 1.807) is 6.26 Å². The molecule has 0 fully saturated rings. The number of hydrogen-bond acceptors (Lipinski definition) is 1. The normalized spacial score (nSPS) is 11.6. The number of hydrogen-bond donors (Lipinski definition) is 0. The Labute approximate surface area is 217 Å². The van der Waals surface area contributed by atoms with E-state index in [0.29, 0.717) is 0 Å². The smallest absolute Gasteiger partial charge is 0.0873 e. The van der Waals surface area contributed by atoms with E-state index in [9.17, 15) is 0 Å². The predicted octanol–water partition coefficient (Wildman–Crippen LogP) is 12.5. The molecule has 0 amide bonds. The molecule has 204 valence electrons. The maximum Gasteiger partial charge on any atom is 0.0873 e. The summed E-state index contributed by atoms with van der Waals surface area (Å²) in [5.41, 5.74) is 0. The summed E-state index contributed by atoms with van der Waals surface area (Å²) in [5, 5.41) is 0. The molecular formula is C33H66O. The van der Waals surface area contributed by atoms with E-state index in [1.807, 2.05) is 13.0 Å². The summed E-state index contributed by atoms with van der Waals surface area (Å²) in [5.74, 6) is 0. The Kier molecular flexibility index (Phi) is 32.1. The van der Waals surface area contributed by atoms with Gasteiger partial charge in [0, 0.05) is 0 Å². The van der Waals surface area contributed by atoms with Gasteiger partial charge in [0.25, 0.3) is 0 Å². The van der Waals surface area contributed by atoms with Gasteiger partial charge in [0.15, 0.2) is 0 Å². The third-order valence-electron chi connectivity index (χ3n) is 7.35. The molecule has 0 bridgehead atoms. The van der Waals surface area contributed by atoms with Crippen LogP contribution in [-0.2, 0) is 4.74 Å². The summed E-state index contributed by atoms with van der Waals surface area (Å²) in [6, 6.07) is 0. The molecule has 34 heavy (non-hydrogen) atoms. The molecule has 0 N–H and O–H groups in total. The van der Waals surface area contributed by atoms with Gasteiger partial charge in [-0.2, -0.15) is 0 Å². The molecule has 0 radical (unpaired) electrons. The molecule has 0 aliphatic carbocycles. The average Bonchev–Trinajstić information content (AvgIpc) is 2.85. The minimum Gasteiger partial charge on any atom is -0.502 e. The fourth-order valence-electron chi connectivity index (χ4n) is 5.02. The molecule has 0 rings (SSSR count). The number of rotatable bonds is 30. The molecule has 0 aliphatic heterocycles. The fraction of sp³-hybridized carbons (Fsp3) is 0.939. The minimum atomic E-state index is 0.893. The standard InChI is InChI=1S/C33H66O/c1-3-5-6-7-8-9-10-11-12-13-14-15-16-17-18-19-20-21-22-23-24-25-26-27-28-29-30-31-33-34-32-4-2/h4,32H,3,5-31,33H2,1-2H3/b32-4+. The van der Waals surface area contributed by atoms with Crippen molar-refractivity contribution in [1.82, 2.24) is 0 Å². The molecule has 0 atom stereocenters. The van der Waals surface area contributed by atoms with Gasteiger partial charge in [0.2, 0.25) is 0 Å². The van der Waals surface area contributed by atoms with E-state index in [2.05, 4.69) is 6.92 Å². The van der Waals surface area contributed by atoms with Gasteiger partial charge in [0.1, 0.15) is 0 Å². The van der Waals surface area contributed by atoms with Crippen molar-refractivity contribution in [3.63, 3.8) is 0 Å². The Morgan fingerprint density at radius 3 is 0.824 bits per heavy atom. The van der Waals surface area contributed by atoms with Crippen LogP contribution in [0.5, 0.6) is 0 Å². The van der Waals surface area contributed by atoms with Crippen molar-refractivity contribution in [2.45, 2.75) is 194 Å². The first kappa shape index (κ1) is 33.5. The van der Waals surface area contributed by atoms with Gasteiger partial charge in [-0.1, -0.05) is 186 Å². The molecular weight excluding hydrogens is 412 g/mol. The van der Waals surface area contributed by atoms with Crippen LogP contribution in [0.4, 0.5) is 0 Å². The van der Waals surface area contributed by atoms with Gasteiger partial charge >= 0.3 is 0 Å². The van der Waals surface area contributed by atoms with Crippen LogP contribution in [0.15, 0.2) is 12.3 Å². The first-order chi connectivity index (χ1) is 16.9. The average molecular weight is 479 g/mol. The van der Waals surface area contributed by atoms with E-state index < -0.39 is 0 Å². The molecule has 0 saturated heterocycles. The Bertz CT molecular complexity index is 362. The van der Waals surface area contributed by atoms with Crippen LogP contribution in [0.1, 0.15) is 194 Å². The zero-order chi connectivity index (χ0) is 24.6. The molecule has 0 aromatic carbocycles. The van der Waals surface area contributed by atoms with Gasteiger partial charge < -0.3 is 4.74 Å². The molecule has 0 spiro atoms. The lowest BCUT2D eigenvalue weighted by molar-refractivity contribution is 0.240. The highest BCUT2D eigenvalue weighted by molar-refractivity contribution is 4.64. The Morgan fingerprint density at radius 1 is 0.353 bits per heavy atom. The summed E-state index contributed by atoms with van der Waals surface area (Å²) in [6.07, 6.45) is 44.4. The molecule has 1 heteroatoms. The van der Waals surface area contributed by atoms with Crippen molar-refractivity contribution in [1.29, 1.82) is 0 Å². The number of ether oxygens (including phenoxy) is 1. The molecule has 1 nitrogen and oxygen atoms in total. The second-order valence-corrected chi connectivity index (χ2v) is 10.9. The second kappa shape index (κ2) is 32.5. The zero-order valence-corrected chi connectivity index (χ0v) is 24.1. The van der Waals surface area contributed by atoms with E-state index in [-0.39, 0.29) is 0 Å². The third kappa shape index (κ3) is 31.5. The first-order valence-electron chi connectivity index (χ1n) is 16.1. The minimum absolute atomic E-state index is 0.893. The Balaban J connectivity index is 3.00. The van der Waals surface area contributed by atoms with Gasteiger partial charge in [0.05, 0.1) is 12.9 Å². The molecule has 0 heterocycles. The van der Waals surface area contributed by atoms with Gasteiger partial charge in [-0.05, 0) is 13.3 Å². The highest BCUT2D eigenvalue weighted by atomic mass is 16.5. The lowest BCUT2D eigenvalue weighted by Crippen LogP contribution is -1.88. The van der Waals surface area contributed by atoms with Crippen molar-refractivity contribution in [2.75, 3.05) is 6.61 Å². The highest BCUT2D eigenvalue weighted by Gasteiger charge is 1.96. The number of unbranched alkanes of at least 4 members (excludes halogenated alkanes) is 27. The number of allylic oxidation sites excluding steroid dienone is 1. The van der Waals surface area contributed by atoms with Crippen LogP contribution in [0, 0.1) is 0 Å². The van der Waals surface area contributed by atoms with Crippen LogP contribution in [0.25, 0.3) is 0 Å². The monoisotopic (exact) mass is 479 g/mol. The third-order valence-corrected chi connectivity index (χ3v) is 7.35. The summed E-state index contributed by atoms with van der Waals surface area (Å²) in [6.45, 7) is 5.20. The van der Waals surface area contributed by atoms with E-state index in [1.165, 1.54) is 180 Å². The van der Waals surface area contributed by atoms with Crippen molar-refractivity contribution in [3.8, 4) is 0 Å². The summed E-state index contributed by atoms with van der Waals surface area (Å²) >= 11 is 0. The molecule has 0 aromatic rings. The highest BCUT2D eigenvalue weighted by Crippen LogP contribution is 2.16. The molecule has 0 saturated carbocycles. The van der Waals surface area contributed by atoms with Crippen LogP contribution in [0.3, 0.4) is 0 Å². The summed E-state index contributed by atoms with van der Waals surface area (Å²) in [4.78, 5) is 0. The van der Waals surface area contributed by atoms with Crippen molar-refractivity contribution >= 4 is 0 Å². The lowest BCUT2D eigenvalue weighted by Gasteiger charge is -2.04. The largest absolute Gasteiger partial charge is 0.502 e. The predicted molar refractivity (Wildman–Crippen MR) is 156 cm³/mol. The van der Waals surface area contributed by atoms with Crippen molar-refractivity contribution in [3.05, 3.63) is 12.3 Å². The summed E-state index contributed by atoms with van der Waals surface area (Å²) < 4.78 is 5.36. The Morgan fingerprint density at radius 2 is 0.588 bits per heavy atom. The zero-order valence-electron chi connectivity index (χ0n) is 24.1. The van der Waals surface area contributed by atoms with E-state index in [0.717, 1.165) is 6.61 Å². The fourth-order valence-corrected chi connectivity index (χ4v) is 5.02. The molecule has 0 unspecified atom stereocenters. The molecule has 0 aromatic heterocycles. The van der Waals surface area contributed by atoms with Crippen LogP contribution in [0.2, 0.25) is 0 Å². The maximum atomic E-state index is 5.36. The quantitative estimate of drug-likeness (QED) is 0.0736. The van der Waals surface area contributed by atoms with Gasteiger partial charge in [-0.15, -0.1) is 0 Å². The topological polar surface area (TPSA) is 9.23 Å². The summed E-state index contributed by atoms with van der Waals surface area (Å²) in [7, 11) is 0. The Hall–Kier alpha value is -0.460. The van der Waals surface area contributed by atoms with E-state index in [4.69, 9.17) is 4.74 Å². The maximum absolute atomic E-state index is 5.36. The van der Waals surface area contributed by atoms with Crippen molar-refractivity contribution in [2.24, 2.45) is 0 Å². The second-order valence-electron chi connectivity index (χ2n) is 10.9. The van der Waals surface area contributed by atoms with Gasteiger partial charge in [-0.25, -0.2) is 0 Å². The molecule has 0 aliphatic rings. The van der Waals surface area contributed by atoms with Crippen LogP contribution < -0.4 is 0 Å². The SMILES string of the molecule is C/C=C/OCCCCCCCCCCCCCCCCCCCCCCCCCCCCCC. The van der Waals surface area contributed by atoms with Gasteiger partial charge in [-0.3, -0.25) is 0 Å². The van der Waals surface area contributed by atoms with E-state index >= 15 is 0 Å². The van der Waals surface area contributed by atoms with Crippen molar-refractivity contribution < 1.29 is 4.74 Å². The first-order valence-corrected chi connectivity index (χ1v) is 16.1. The van der Waals surface area contributed by atoms with Crippen LogP contribution in [-0.4, -0.2) is 6.61 Å². The van der Waals surface area contributed by atoms with Crippen LogP contribution >= 0.6 is 0 Å².